The van der Waals surface area contributed by atoms with E-state index in [1.54, 1.807) is 16.9 Å². The van der Waals surface area contributed by atoms with Gasteiger partial charge in [0.1, 0.15) is 11.6 Å². The summed E-state index contributed by atoms with van der Waals surface area (Å²) >= 11 is 17.7. The van der Waals surface area contributed by atoms with Crippen LogP contribution in [0.1, 0.15) is 26.8 Å². The van der Waals surface area contributed by atoms with Gasteiger partial charge in [0.15, 0.2) is 12.7 Å². The zero-order valence-electron chi connectivity index (χ0n) is 14.8. The van der Waals surface area contributed by atoms with Crippen molar-refractivity contribution >= 4 is 52.5 Å². The van der Waals surface area contributed by atoms with Crippen LogP contribution in [0, 0.1) is 0 Å². The molecule has 1 unspecified atom stereocenters. The zero-order valence-corrected chi connectivity index (χ0v) is 17.1. The number of rotatable bonds is 7. The predicted octanol–water partition coefficient (Wildman–Crippen LogP) is 4.37. The van der Waals surface area contributed by atoms with E-state index in [2.05, 4.69) is 10.4 Å². The zero-order chi connectivity index (χ0) is 20.1. The molecule has 1 amide bonds. The van der Waals surface area contributed by atoms with Gasteiger partial charge in [-0.3, -0.25) is 4.79 Å². The van der Waals surface area contributed by atoms with Crippen LogP contribution in [0.15, 0.2) is 24.4 Å². The Morgan fingerprint density at radius 2 is 1.81 bits per heavy atom. The first-order valence-corrected chi connectivity index (χ1v) is 9.13. The van der Waals surface area contributed by atoms with E-state index in [9.17, 15) is 9.59 Å². The van der Waals surface area contributed by atoms with Crippen LogP contribution in [0.5, 0.6) is 5.75 Å². The fourth-order valence-electron chi connectivity index (χ4n) is 2.09. The largest absolute Gasteiger partial charge is 0.480 e. The van der Waals surface area contributed by atoms with Gasteiger partial charge >= 0.3 is 5.97 Å². The standard InChI is InChI=1S/C17H18Cl3N3O4/c1-9(2)23-15(4-5-21-23)22-17(25)10(3)27-16(24)8-26-14-7-12(19)11(18)6-13(14)20/h4-7,9-10H,8H2,1-3H3,(H,22,25). The first-order chi connectivity index (χ1) is 12.7. The number of esters is 1. The lowest BCUT2D eigenvalue weighted by atomic mass is 10.3. The van der Waals surface area contributed by atoms with Crippen molar-refractivity contribution in [2.75, 3.05) is 11.9 Å². The maximum Gasteiger partial charge on any atom is 0.344 e. The van der Waals surface area contributed by atoms with Gasteiger partial charge in [-0.1, -0.05) is 34.8 Å². The SMILES string of the molecule is CC(OC(=O)COc1cc(Cl)c(Cl)cc1Cl)C(=O)Nc1ccnn1C(C)C. The molecule has 0 spiro atoms. The highest BCUT2D eigenvalue weighted by molar-refractivity contribution is 6.43. The molecule has 0 fully saturated rings. The molecule has 2 aromatic rings. The number of carbonyl (C=O) groups excluding carboxylic acids is 2. The highest BCUT2D eigenvalue weighted by atomic mass is 35.5. The topological polar surface area (TPSA) is 82.4 Å². The monoisotopic (exact) mass is 433 g/mol. The third-order valence-corrected chi connectivity index (χ3v) is 4.43. The summed E-state index contributed by atoms with van der Waals surface area (Å²) in [7, 11) is 0. The van der Waals surface area contributed by atoms with Crippen molar-refractivity contribution in [3.8, 4) is 5.75 Å². The Balaban J connectivity index is 1.88. The fraction of sp³-hybridized carbons (Fsp3) is 0.353. The number of halogens is 3. The van der Waals surface area contributed by atoms with Gasteiger partial charge in [0.05, 0.1) is 21.3 Å². The number of nitrogens with one attached hydrogen (secondary N) is 1. The number of aromatic nitrogens is 2. The normalized spacial score (nSPS) is 12.0. The van der Waals surface area contributed by atoms with Crippen LogP contribution >= 0.6 is 34.8 Å². The minimum atomic E-state index is -1.03. The summed E-state index contributed by atoms with van der Waals surface area (Å²) in [4.78, 5) is 24.1. The number of carbonyl (C=O) groups is 2. The Bertz CT molecular complexity index is 839. The lowest BCUT2D eigenvalue weighted by Gasteiger charge is -2.16. The van der Waals surface area contributed by atoms with E-state index in [1.165, 1.54) is 19.1 Å². The molecule has 1 atom stereocenters. The van der Waals surface area contributed by atoms with Gasteiger partial charge in [-0.2, -0.15) is 5.10 Å². The van der Waals surface area contributed by atoms with E-state index in [-0.39, 0.29) is 26.9 Å². The Kier molecular flexibility index (Phi) is 7.35. The highest BCUT2D eigenvalue weighted by Gasteiger charge is 2.20. The lowest BCUT2D eigenvalue weighted by Crippen LogP contribution is -2.32. The Labute approximate surface area is 171 Å². The van der Waals surface area contributed by atoms with Crippen molar-refractivity contribution in [1.29, 1.82) is 0 Å². The molecule has 1 N–H and O–H groups in total. The number of amides is 1. The van der Waals surface area contributed by atoms with E-state index >= 15 is 0 Å². The first-order valence-electron chi connectivity index (χ1n) is 8.00. The van der Waals surface area contributed by atoms with E-state index < -0.39 is 24.6 Å². The summed E-state index contributed by atoms with van der Waals surface area (Å²) in [6.07, 6.45) is 0.544. The summed E-state index contributed by atoms with van der Waals surface area (Å²) in [6, 6.07) is 4.52. The van der Waals surface area contributed by atoms with Crippen LogP contribution in [0.3, 0.4) is 0 Å². The molecule has 7 nitrogen and oxygen atoms in total. The number of nitrogens with zero attached hydrogens (tertiary/aromatic N) is 2. The molecular weight excluding hydrogens is 417 g/mol. The molecular formula is C17H18Cl3N3O4. The Morgan fingerprint density at radius 3 is 2.48 bits per heavy atom. The number of hydrogen-bond donors (Lipinski definition) is 1. The van der Waals surface area contributed by atoms with Crippen molar-refractivity contribution in [3.05, 3.63) is 39.5 Å². The second-order valence-corrected chi connectivity index (χ2v) is 7.08. The van der Waals surface area contributed by atoms with E-state index in [4.69, 9.17) is 44.3 Å². The third kappa shape index (κ3) is 5.76. The maximum absolute atomic E-state index is 12.2. The van der Waals surface area contributed by atoms with Crippen molar-refractivity contribution < 1.29 is 19.1 Å². The summed E-state index contributed by atoms with van der Waals surface area (Å²) in [5.41, 5.74) is 0. The molecule has 10 heteroatoms. The molecule has 1 aromatic carbocycles. The van der Waals surface area contributed by atoms with Gasteiger partial charge in [0, 0.05) is 18.2 Å². The van der Waals surface area contributed by atoms with E-state index in [0.29, 0.717) is 5.82 Å². The molecule has 0 saturated heterocycles. The maximum atomic E-state index is 12.2. The number of ether oxygens (including phenoxy) is 2. The molecule has 0 saturated carbocycles. The third-order valence-electron chi connectivity index (χ3n) is 3.41. The molecule has 0 aliphatic rings. The number of hydrogen-bond acceptors (Lipinski definition) is 5. The van der Waals surface area contributed by atoms with Gasteiger partial charge in [0.25, 0.3) is 5.91 Å². The smallest absolute Gasteiger partial charge is 0.344 e. The minimum absolute atomic E-state index is 0.0671. The van der Waals surface area contributed by atoms with Crippen LogP contribution < -0.4 is 10.1 Å². The molecule has 2 rings (SSSR count). The molecule has 1 aromatic heterocycles. The molecule has 1 heterocycles. The number of anilines is 1. The van der Waals surface area contributed by atoms with Crippen LogP contribution in [0.25, 0.3) is 0 Å². The van der Waals surface area contributed by atoms with Crippen LogP contribution in [0.4, 0.5) is 5.82 Å². The minimum Gasteiger partial charge on any atom is -0.480 e. The Morgan fingerprint density at radius 1 is 1.15 bits per heavy atom. The fourth-order valence-corrected chi connectivity index (χ4v) is 2.68. The Hall–Kier alpha value is -1.96. The van der Waals surface area contributed by atoms with Crippen LogP contribution in [0.2, 0.25) is 15.1 Å². The first kappa shape index (κ1) is 21.3. The summed E-state index contributed by atoms with van der Waals surface area (Å²) in [5, 5.41) is 7.48. The van der Waals surface area contributed by atoms with Gasteiger partial charge in [0.2, 0.25) is 0 Å². The van der Waals surface area contributed by atoms with Crippen molar-refractivity contribution in [1.82, 2.24) is 9.78 Å². The van der Waals surface area contributed by atoms with Gasteiger partial charge in [-0.05, 0) is 26.8 Å². The van der Waals surface area contributed by atoms with Gasteiger partial charge in [-0.25, -0.2) is 9.48 Å². The predicted molar refractivity (Wildman–Crippen MR) is 104 cm³/mol. The molecule has 0 aliphatic carbocycles. The molecule has 0 aliphatic heterocycles. The van der Waals surface area contributed by atoms with Crippen molar-refractivity contribution in [2.24, 2.45) is 0 Å². The molecule has 0 bridgehead atoms. The van der Waals surface area contributed by atoms with Gasteiger partial charge < -0.3 is 14.8 Å². The molecule has 27 heavy (non-hydrogen) atoms. The summed E-state index contributed by atoms with van der Waals surface area (Å²) in [5.74, 6) is -0.534. The summed E-state index contributed by atoms with van der Waals surface area (Å²) < 4.78 is 12.0. The highest BCUT2D eigenvalue weighted by Crippen LogP contribution is 2.33. The second-order valence-electron chi connectivity index (χ2n) is 5.86. The average molecular weight is 435 g/mol. The van der Waals surface area contributed by atoms with Crippen molar-refractivity contribution in [2.45, 2.75) is 32.9 Å². The van der Waals surface area contributed by atoms with E-state index in [0.717, 1.165) is 0 Å². The van der Waals surface area contributed by atoms with Crippen LogP contribution in [-0.4, -0.2) is 34.4 Å². The average Bonchev–Trinajstić information content (AvgIpc) is 3.05. The lowest BCUT2D eigenvalue weighted by molar-refractivity contribution is -0.155. The van der Waals surface area contributed by atoms with E-state index in [1.807, 2.05) is 13.8 Å². The number of benzene rings is 1. The van der Waals surface area contributed by atoms with Crippen LogP contribution in [-0.2, 0) is 14.3 Å². The molecule has 146 valence electrons. The molecule has 0 radical (unpaired) electrons. The second kappa shape index (κ2) is 9.30. The summed E-state index contributed by atoms with van der Waals surface area (Å²) in [6.45, 7) is 4.86. The van der Waals surface area contributed by atoms with Crippen molar-refractivity contribution in [3.63, 3.8) is 0 Å². The van der Waals surface area contributed by atoms with Gasteiger partial charge in [-0.15, -0.1) is 0 Å². The quantitative estimate of drug-likeness (QED) is 0.517.